The van der Waals surface area contributed by atoms with Crippen LogP contribution in [0.4, 0.5) is 10.2 Å². The lowest BCUT2D eigenvalue weighted by atomic mass is 10.1. The quantitative estimate of drug-likeness (QED) is 0.687. The van der Waals surface area contributed by atoms with Gasteiger partial charge in [-0.3, -0.25) is 4.79 Å². The van der Waals surface area contributed by atoms with Gasteiger partial charge < -0.3 is 9.80 Å². The van der Waals surface area contributed by atoms with E-state index in [9.17, 15) is 9.18 Å². The number of benzene rings is 1. The van der Waals surface area contributed by atoms with Crippen molar-refractivity contribution in [3.63, 3.8) is 0 Å². The molecule has 0 aliphatic carbocycles. The Hall–Kier alpha value is -3.36. The second kappa shape index (κ2) is 7.48. The monoisotopic (exact) mass is 367 g/mol. The summed E-state index contributed by atoms with van der Waals surface area (Å²) in [6.07, 6.45) is 4.59. The number of hydrogen-bond acceptors (Lipinski definition) is 6. The molecule has 1 aromatic carbocycles. The lowest BCUT2D eigenvalue weighted by Gasteiger charge is -2.35. The van der Waals surface area contributed by atoms with Gasteiger partial charge in [-0.05, 0) is 11.6 Å². The molecule has 0 unspecified atom stereocenters. The van der Waals surface area contributed by atoms with Gasteiger partial charge in [0, 0.05) is 32.2 Å². The fourth-order valence-electron chi connectivity index (χ4n) is 3.06. The molecule has 9 heteroatoms. The SMILES string of the molecule is O=C(Cc1ccccc1F)N1CCN(c2cc(-n3cncn3)ncn2)CC1. The van der Waals surface area contributed by atoms with Crippen LogP contribution in [0.25, 0.3) is 5.82 Å². The van der Waals surface area contributed by atoms with Crippen molar-refractivity contribution in [3.05, 3.63) is 60.7 Å². The molecular formula is C18H18FN7O. The van der Waals surface area contributed by atoms with Gasteiger partial charge in [-0.15, -0.1) is 0 Å². The number of rotatable bonds is 4. The van der Waals surface area contributed by atoms with Crippen molar-refractivity contribution < 1.29 is 9.18 Å². The predicted molar refractivity (Wildman–Crippen MR) is 95.8 cm³/mol. The van der Waals surface area contributed by atoms with Crippen molar-refractivity contribution in [2.45, 2.75) is 6.42 Å². The van der Waals surface area contributed by atoms with E-state index in [4.69, 9.17) is 0 Å². The van der Waals surface area contributed by atoms with Crippen LogP contribution in [-0.4, -0.2) is 61.7 Å². The Kier molecular flexibility index (Phi) is 4.73. The van der Waals surface area contributed by atoms with Gasteiger partial charge in [-0.2, -0.15) is 5.10 Å². The molecule has 3 aromatic rings. The second-order valence-corrected chi connectivity index (χ2v) is 6.21. The third-order valence-electron chi connectivity index (χ3n) is 4.55. The maximum atomic E-state index is 13.8. The first-order valence-corrected chi connectivity index (χ1v) is 8.64. The normalized spacial score (nSPS) is 14.4. The summed E-state index contributed by atoms with van der Waals surface area (Å²) in [7, 11) is 0. The highest BCUT2D eigenvalue weighted by Gasteiger charge is 2.23. The summed E-state index contributed by atoms with van der Waals surface area (Å²) in [5.41, 5.74) is 0.429. The Bertz CT molecular complexity index is 923. The van der Waals surface area contributed by atoms with E-state index < -0.39 is 0 Å². The molecule has 0 saturated carbocycles. The summed E-state index contributed by atoms with van der Waals surface area (Å²) in [5.74, 6) is 1.00. The molecule has 27 heavy (non-hydrogen) atoms. The summed E-state index contributed by atoms with van der Waals surface area (Å²) in [6, 6.07) is 8.23. The van der Waals surface area contributed by atoms with Crippen LogP contribution in [0.2, 0.25) is 0 Å². The molecule has 1 fully saturated rings. The molecule has 2 aromatic heterocycles. The molecule has 0 radical (unpaired) electrons. The first-order valence-electron chi connectivity index (χ1n) is 8.64. The summed E-state index contributed by atoms with van der Waals surface area (Å²) >= 11 is 0. The van der Waals surface area contributed by atoms with Crippen LogP contribution in [0.5, 0.6) is 0 Å². The first kappa shape index (κ1) is 17.1. The van der Waals surface area contributed by atoms with Gasteiger partial charge in [0.1, 0.15) is 30.6 Å². The van der Waals surface area contributed by atoms with Crippen molar-refractivity contribution >= 4 is 11.7 Å². The molecule has 3 heterocycles. The number of aromatic nitrogens is 5. The van der Waals surface area contributed by atoms with E-state index in [0.29, 0.717) is 37.6 Å². The summed E-state index contributed by atoms with van der Waals surface area (Å²) in [5, 5.41) is 4.07. The molecule has 138 valence electrons. The average molecular weight is 367 g/mol. The van der Waals surface area contributed by atoms with Crippen molar-refractivity contribution in [1.82, 2.24) is 29.6 Å². The van der Waals surface area contributed by atoms with E-state index in [2.05, 4.69) is 25.0 Å². The van der Waals surface area contributed by atoms with Crippen LogP contribution in [0.15, 0.2) is 49.3 Å². The smallest absolute Gasteiger partial charge is 0.227 e. The highest BCUT2D eigenvalue weighted by Crippen LogP contribution is 2.16. The molecule has 0 spiro atoms. The van der Waals surface area contributed by atoms with E-state index in [-0.39, 0.29) is 18.1 Å². The van der Waals surface area contributed by atoms with E-state index in [1.54, 1.807) is 34.1 Å². The standard InChI is InChI=1S/C18H18FN7O/c19-15-4-2-1-3-14(15)9-18(27)25-7-5-24(6-8-25)16-10-17(22-12-21-16)26-13-20-11-23-26/h1-4,10-13H,5-9H2. The number of nitrogens with zero attached hydrogens (tertiary/aromatic N) is 7. The van der Waals surface area contributed by atoms with Crippen LogP contribution in [0.3, 0.4) is 0 Å². The number of halogens is 1. The Labute approximate surface area is 155 Å². The molecule has 0 bridgehead atoms. The molecular weight excluding hydrogens is 349 g/mol. The van der Waals surface area contributed by atoms with Gasteiger partial charge in [0.2, 0.25) is 5.91 Å². The molecule has 8 nitrogen and oxygen atoms in total. The van der Waals surface area contributed by atoms with Crippen LogP contribution in [0, 0.1) is 5.82 Å². The molecule has 1 aliphatic heterocycles. The van der Waals surface area contributed by atoms with Gasteiger partial charge in [0.15, 0.2) is 5.82 Å². The molecule has 0 atom stereocenters. The largest absolute Gasteiger partial charge is 0.353 e. The molecule has 1 aliphatic rings. The zero-order valence-electron chi connectivity index (χ0n) is 14.6. The van der Waals surface area contributed by atoms with E-state index in [1.807, 2.05) is 6.07 Å². The second-order valence-electron chi connectivity index (χ2n) is 6.21. The minimum atomic E-state index is -0.342. The lowest BCUT2D eigenvalue weighted by Crippen LogP contribution is -2.49. The van der Waals surface area contributed by atoms with Gasteiger partial charge in [-0.1, -0.05) is 18.2 Å². The van der Waals surface area contributed by atoms with Gasteiger partial charge in [0.25, 0.3) is 0 Å². The Morgan fingerprint density at radius 3 is 2.56 bits per heavy atom. The maximum Gasteiger partial charge on any atom is 0.227 e. The number of hydrogen-bond donors (Lipinski definition) is 0. The third kappa shape index (κ3) is 3.76. The molecule has 0 N–H and O–H groups in total. The maximum absolute atomic E-state index is 13.8. The minimum absolute atomic E-state index is 0.0641. The van der Waals surface area contributed by atoms with E-state index >= 15 is 0 Å². The molecule has 1 saturated heterocycles. The molecule has 4 rings (SSSR count). The number of carbonyl (C=O) groups excluding carboxylic acids is 1. The highest BCUT2D eigenvalue weighted by molar-refractivity contribution is 5.79. The topological polar surface area (TPSA) is 80.0 Å². The first-order chi connectivity index (χ1) is 13.2. The predicted octanol–water partition coefficient (Wildman–Crippen LogP) is 1.09. The zero-order chi connectivity index (χ0) is 18.6. The van der Waals surface area contributed by atoms with Crippen LogP contribution < -0.4 is 4.90 Å². The Morgan fingerprint density at radius 2 is 1.81 bits per heavy atom. The summed E-state index contributed by atoms with van der Waals surface area (Å²) < 4.78 is 15.3. The fourth-order valence-corrected chi connectivity index (χ4v) is 3.06. The summed E-state index contributed by atoms with van der Waals surface area (Å²) in [4.78, 5) is 28.8. The van der Waals surface area contributed by atoms with Crippen molar-refractivity contribution in [3.8, 4) is 5.82 Å². The Morgan fingerprint density at radius 1 is 1.04 bits per heavy atom. The van der Waals surface area contributed by atoms with Crippen molar-refractivity contribution in [1.29, 1.82) is 0 Å². The van der Waals surface area contributed by atoms with E-state index in [1.165, 1.54) is 18.7 Å². The van der Waals surface area contributed by atoms with Gasteiger partial charge in [0.05, 0.1) is 6.42 Å². The highest BCUT2D eigenvalue weighted by atomic mass is 19.1. The van der Waals surface area contributed by atoms with Gasteiger partial charge in [-0.25, -0.2) is 24.0 Å². The minimum Gasteiger partial charge on any atom is -0.353 e. The lowest BCUT2D eigenvalue weighted by molar-refractivity contribution is -0.130. The molecule has 1 amide bonds. The third-order valence-corrected chi connectivity index (χ3v) is 4.55. The number of piperazine rings is 1. The van der Waals surface area contributed by atoms with Crippen molar-refractivity contribution in [2.75, 3.05) is 31.1 Å². The van der Waals surface area contributed by atoms with Gasteiger partial charge >= 0.3 is 0 Å². The average Bonchev–Trinajstić information content (AvgIpc) is 3.25. The summed E-state index contributed by atoms with van der Waals surface area (Å²) in [6.45, 7) is 2.43. The van der Waals surface area contributed by atoms with Crippen LogP contribution in [-0.2, 0) is 11.2 Å². The van der Waals surface area contributed by atoms with E-state index in [0.717, 1.165) is 5.82 Å². The fraction of sp³-hybridized carbons (Fsp3) is 0.278. The van der Waals surface area contributed by atoms with Crippen LogP contribution in [0.1, 0.15) is 5.56 Å². The number of amides is 1. The Balaban J connectivity index is 1.38. The van der Waals surface area contributed by atoms with Crippen molar-refractivity contribution in [2.24, 2.45) is 0 Å². The van der Waals surface area contributed by atoms with Crippen LogP contribution >= 0.6 is 0 Å². The zero-order valence-corrected chi connectivity index (χ0v) is 14.6. The number of anilines is 1. The number of carbonyl (C=O) groups is 1.